The molecule has 5 nitrogen and oxygen atoms in total. The molecule has 0 spiro atoms. The van der Waals surface area contributed by atoms with E-state index in [9.17, 15) is 0 Å². The Morgan fingerprint density at radius 2 is 1.26 bits per heavy atom. The highest BCUT2D eigenvalue weighted by Gasteiger charge is 2.24. The van der Waals surface area contributed by atoms with Gasteiger partial charge in [0.15, 0.2) is 5.58 Å². The summed E-state index contributed by atoms with van der Waals surface area (Å²) in [7, 11) is 0. The number of pyridine rings is 3. The molecule has 0 N–H and O–H groups in total. The Labute approximate surface area is 263 Å². The minimum absolute atomic E-state index is 0.853. The van der Waals surface area contributed by atoms with Crippen LogP contribution in [0.3, 0.4) is 0 Å². The van der Waals surface area contributed by atoms with Crippen molar-refractivity contribution in [1.82, 2.24) is 19.5 Å². The van der Waals surface area contributed by atoms with E-state index < -0.39 is 0 Å². The summed E-state index contributed by atoms with van der Waals surface area (Å²) >= 11 is 0. The molecule has 46 heavy (non-hydrogen) atoms. The Morgan fingerprint density at radius 3 is 2.13 bits per heavy atom. The molecule has 0 radical (unpaired) electrons. The standard InChI is InChI=1S/C41H24N4O/c1-2-9-26(10-3-1)36-35-39-41(46-40(35)30-12-4-6-14-33(30)44-36)31-13-5-7-15-34(31)45(39)29-21-18-25(19-22-29)32-23-20-28-17-16-27-11-8-24-42-37(27)38(28)43-32/h1-24H. The van der Waals surface area contributed by atoms with Crippen molar-refractivity contribution in [2.45, 2.75) is 0 Å². The van der Waals surface area contributed by atoms with Gasteiger partial charge in [0.05, 0.1) is 38.8 Å². The van der Waals surface area contributed by atoms with Gasteiger partial charge in [-0.05, 0) is 48.5 Å². The fourth-order valence-electron chi connectivity index (χ4n) is 6.89. The molecule has 0 saturated heterocycles. The largest absolute Gasteiger partial charge is 0.453 e. The first-order valence-corrected chi connectivity index (χ1v) is 15.4. The monoisotopic (exact) mass is 588 g/mol. The number of nitrogens with zero attached hydrogens (tertiary/aromatic N) is 4. The number of aromatic nitrogens is 4. The first-order chi connectivity index (χ1) is 22.8. The maximum absolute atomic E-state index is 6.84. The van der Waals surface area contributed by atoms with Gasteiger partial charge in [0, 0.05) is 44.6 Å². The van der Waals surface area contributed by atoms with Crippen LogP contribution in [0.5, 0.6) is 0 Å². The van der Waals surface area contributed by atoms with E-state index in [4.69, 9.17) is 14.4 Å². The molecule has 0 amide bonds. The Hall–Kier alpha value is -6.33. The van der Waals surface area contributed by atoms with Crippen LogP contribution in [0.15, 0.2) is 150 Å². The predicted octanol–water partition coefficient (Wildman–Crippen LogP) is 10.5. The van der Waals surface area contributed by atoms with Crippen LogP contribution in [0, 0.1) is 0 Å². The molecule has 5 heteroatoms. The number of benzene rings is 5. The summed E-state index contributed by atoms with van der Waals surface area (Å²) in [5, 5.41) is 5.24. The summed E-state index contributed by atoms with van der Waals surface area (Å²) in [6.07, 6.45) is 1.83. The molecule has 5 aromatic carbocycles. The average Bonchev–Trinajstić information content (AvgIpc) is 3.67. The lowest BCUT2D eigenvalue weighted by Gasteiger charge is -2.11. The Bertz CT molecular complexity index is 2790. The normalized spacial score (nSPS) is 11.9. The number of rotatable bonds is 3. The van der Waals surface area contributed by atoms with Crippen molar-refractivity contribution in [3.05, 3.63) is 146 Å². The fraction of sp³-hybridized carbons (Fsp3) is 0. The molecule has 5 aromatic heterocycles. The fourth-order valence-corrected chi connectivity index (χ4v) is 6.89. The second-order valence-corrected chi connectivity index (χ2v) is 11.6. The molecule has 0 atom stereocenters. The quantitative estimate of drug-likeness (QED) is 0.193. The number of furan rings is 1. The molecule has 0 bridgehead atoms. The van der Waals surface area contributed by atoms with Crippen LogP contribution in [0.2, 0.25) is 0 Å². The maximum Gasteiger partial charge on any atom is 0.161 e. The van der Waals surface area contributed by atoms with Crippen molar-refractivity contribution in [3.63, 3.8) is 0 Å². The predicted molar refractivity (Wildman–Crippen MR) is 187 cm³/mol. The third-order valence-electron chi connectivity index (χ3n) is 9.01. The van der Waals surface area contributed by atoms with Gasteiger partial charge in [0.2, 0.25) is 0 Å². The van der Waals surface area contributed by atoms with E-state index in [1.54, 1.807) is 0 Å². The van der Waals surface area contributed by atoms with Crippen LogP contribution in [0.1, 0.15) is 0 Å². The van der Waals surface area contributed by atoms with Crippen LogP contribution >= 0.6 is 0 Å². The van der Waals surface area contributed by atoms with E-state index in [0.29, 0.717) is 0 Å². The molecule has 0 unspecified atom stereocenters. The van der Waals surface area contributed by atoms with Gasteiger partial charge in [-0.25, -0.2) is 9.97 Å². The van der Waals surface area contributed by atoms with Gasteiger partial charge in [-0.15, -0.1) is 0 Å². The summed E-state index contributed by atoms with van der Waals surface area (Å²) < 4.78 is 9.15. The number of para-hydroxylation sites is 2. The number of fused-ring (bicyclic) bond motifs is 10. The van der Waals surface area contributed by atoms with Crippen molar-refractivity contribution >= 4 is 65.7 Å². The van der Waals surface area contributed by atoms with Gasteiger partial charge in [-0.1, -0.05) is 91.0 Å². The second-order valence-electron chi connectivity index (χ2n) is 11.6. The molecule has 0 fully saturated rings. The van der Waals surface area contributed by atoms with Gasteiger partial charge in [0.1, 0.15) is 11.1 Å². The number of hydrogen-bond donors (Lipinski definition) is 0. The zero-order valence-electron chi connectivity index (χ0n) is 24.6. The van der Waals surface area contributed by atoms with Crippen LogP contribution in [0.4, 0.5) is 0 Å². The summed E-state index contributed by atoms with van der Waals surface area (Å²) in [5.41, 5.74) is 11.5. The molecule has 5 heterocycles. The first kappa shape index (κ1) is 25.0. The summed E-state index contributed by atoms with van der Waals surface area (Å²) in [4.78, 5) is 14.9. The van der Waals surface area contributed by atoms with Gasteiger partial charge in [-0.2, -0.15) is 0 Å². The van der Waals surface area contributed by atoms with Crippen molar-refractivity contribution in [2.24, 2.45) is 0 Å². The van der Waals surface area contributed by atoms with Gasteiger partial charge in [-0.3, -0.25) is 4.98 Å². The zero-order chi connectivity index (χ0) is 30.2. The van der Waals surface area contributed by atoms with Crippen molar-refractivity contribution in [3.8, 4) is 28.2 Å². The van der Waals surface area contributed by atoms with Gasteiger partial charge in [0.25, 0.3) is 0 Å². The van der Waals surface area contributed by atoms with Crippen LogP contribution in [0.25, 0.3) is 93.9 Å². The highest BCUT2D eigenvalue weighted by Crippen LogP contribution is 2.44. The molecule has 0 aliphatic heterocycles. The topological polar surface area (TPSA) is 56.7 Å². The van der Waals surface area contributed by atoms with Crippen molar-refractivity contribution < 1.29 is 4.42 Å². The highest BCUT2D eigenvalue weighted by atomic mass is 16.3. The van der Waals surface area contributed by atoms with E-state index in [0.717, 1.165) is 93.9 Å². The van der Waals surface area contributed by atoms with Crippen LogP contribution < -0.4 is 0 Å². The Balaban J connectivity index is 1.22. The minimum atomic E-state index is 0.853. The van der Waals surface area contributed by atoms with E-state index in [1.165, 1.54) is 0 Å². The van der Waals surface area contributed by atoms with E-state index in [-0.39, 0.29) is 0 Å². The molecular weight excluding hydrogens is 564 g/mol. The zero-order valence-corrected chi connectivity index (χ0v) is 24.6. The lowest BCUT2D eigenvalue weighted by atomic mass is 10.0. The second kappa shape index (κ2) is 9.58. The number of hydrogen-bond acceptors (Lipinski definition) is 4. The Kier molecular flexibility index (Phi) is 5.22. The van der Waals surface area contributed by atoms with E-state index in [2.05, 4.69) is 125 Å². The van der Waals surface area contributed by atoms with E-state index >= 15 is 0 Å². The Morgan fingerprint density at radius 1 is 0.522 bits per heavy atom. The van der Waals surface area contributed by atoms with Crippen molar-refractivity contribution in [1.29, 1.82) is 0 Å². The highest BCUT2D eigenvalue weighted by molar-refractivity contribution is 6.24. The molecule has 10 aromatic rings. The lowest BCUT2D eigenvalue weighted by molar-refractivity contribution is 0.676. The summed E-state index contributed by atoms with van der Waals surface area (Å²) in [6.45, 7) is 0. The molecule has 214 valence electrons. The summed E-state index contributed by atoms with van der Waals surface area (Å²) in [5.74, 6) is 0. The third kappa shape index (κ3) is 3.60. The van der Waals surface area contributed by atoms with Crippen molar-refractivity contribution in [2.75, 3.05) is 0 Å². The van der Waals surface area contributed by atoms with Gasteiger partial charge < -0.3 is 8.98 Å². The average molecular weight is 589 g/mol. The van der Waals surface area contributed by atoms with Crippen LogP contribution in [-0.2, 0) is 0 Å². The molecule has 10 rings (SSSR count). The lowest BCUT2D eigenvalue weighted by Crippen LogP contribution is -1.96. The van der Waals surface area contributed by atoms with E-state index in [1.807, 2.05) is 30.5 Å². The molecule has 0 aliphatic carbocycles. The maximum atomic E-state index is 6.84. The molecular formula is C41H24N4O. The minimum Gasteiger partial charge on any atom is -0.453 e. The van der Waals surface area contributed by atoms with Crippen LogP contribution in [-0.4, -0.2) is 19.5 Å². The smallest absolute Gasteiger partial charge is 0.161 e. The molecule has 0 aliphatic rings. The summed E-state index contributed by atoms with van der Waals surface area (Å²) in [6, 6.07) is 48.2. The molecule has 0 saturated carbocycles. The first-order valence-electron chi connectivity index (χ1n) is 15.4. The SMILES string of the molecule is c1ccc(-c2nc3ccccc3c3oc4c5ccccc5n(-c5ccc(-c6ccc7ccc8cccnc8c7n6)cc5)c4c23)cc1. The van der Waals surface area contributed by atoms with Gasteiger partial charge >= 0.3 is 0 Å². The third-order valence-corrected chi connectivity index (χ3v) is 9.01.